The topological polar surface area (TPSA) is 162 Å². The zero-order chi connectivity index (χ0) is 18.2. The molecule has 0 fully saturated rings. The Kier molecular flexibility index (Phi) is 11.2. The van der Waals surface area contributed by atoms with Crippen LogP contribution in [0.25, 0.3) is 0 Å². The summed E-state index contributed by atoms with van der Waals surface area (Å²) in [5, 5.41) is 8.76. The van der Waals surface area contributed by atoms with Crippen molar-refractivity contribution in [3.63, 3.8) is 0 Å². The van der Waals surface area contributed by atoms with Gasteiger partial charge in [0.25, 0.3) is 0 Å². The van der Waals surface area contributed by atoms with E-state index >= 15 is 0 Å². The van der Waals surface area contributed by atoms with E-state index in [0.29, 0.717) is 0 Å². The van der Waals surface area contributed by atoms with Crippen molar-refractivity contribution < 1.29 is 31.8 Å². The number of hydrogen-bond acceptors (Lipinski definition) is 10. The van der Waals surface area contributed by atoms with E-state index in [-0.39, 0.29) is 18.5 Å². The Morgan fingerprint density at radius 3 is 1.04 bits per heavy atom. The third-order valence-electron chi connectivity index (χ3n) is 2.47. The number of rotatable bonds is 12. The summed E-state index contributed by atoms with van der Waals surface area (Å²) in [6.07, 6.45) is -2.58. The second kappa shape index (κ2) is 11.0. The molecule has 10 N–H and O–H groups in total. The van der Waals surface area contributed by atoms with Gasteiger partial charge < -0.3 is 0 Å². The summed E-state index contributed by atoms with van der Waals surface area (Å²) in [5.41, 5.74) is 17.0. The summed E-state index contributed by atoms with van der Waals surface area (Å²) in [6, 6.07) is 0. The molecule has 0 rings (SSSR count). The number of hydrogen-bond donors (Lipinski definition) is 7. The average molecular weight is 374 g/mol. The molecule has 0 aromatic rings. The quantitative estimate of drug-likeness (QED) is 0.159. The molecule has 0 aromatic carbocycles. The molecule has 0 aliphatic carbocycles. The van der Waals surface area contributed by atoms with Crippen molar-refractivity contribution in [2.45, 2.75) is 78.7 Å². The van der Waals surface area contributed by atoms with E-state index in [2.05, 4.69) is 16.0 Å². The van der Waals surface area contributed by atoms with Gasteiger partial charge in [0.2, 0.25) is 0 Å². The van der Waals surface area contributed by atoms with Gasteiger partial charge in [-0.2, -0.15) is 0 Å². The molecule has 0 aliphatic heterocycles. The third-order valence-corrected chi connectivity index (χ3v) is 5.52. The summed E-state index contributed by atoms with van der Waals surface area (Å²) in [6.45, 7) is 10.4. The molecule has 11 heteroatoms. The van der Waals surface area contributed by atoms with E-state index in [1.807, 2.05) is 0 Å². The first kappa shape index (κ1) is 23.3. The first-order chi connectivity index (χ1) is 10.4. The van der Waals surface area contributed by atoms with Crippen molar-refractivity contribution in [2.75, 3.05) is 0 Å². The predicted molar refractivity (Wildman–Crippen MR) is 84.2 cm³/mol. The van der Waals surface area contributed by atoms with Crippen molar-refractivity contribution in [2.24, 2.45) is 17.2 Å². The SMILES string of the molecule is CC(N)NC(C)[O][Ti]([OH])([O]C(C)NC(C)N)[O]C(C)NC(C)N. The van der Waals surface area contributed by atoms with E-state index in [9.17, 15) is 3.69 Å². The molecule has 140 valence electrons. The monoisotopic (exact) mass is 374 g/mol. The third kappa shape index (κ3) is 12.3. The molecule has 6 atom stereocenters. The van der Waals surface area contributed by atoms with Crippen molar-refractivity contribution >= 4 is 0 Å². The van der Waals surface area contributed by atoms with Crippen LogP contribution >= 0.6 is 0 Å². The maximum atomic E-state index is 10.7. The van der Waals surface area contributed by atoms with Gasteiger partial charge in [0.1, 0.15) is 0 Å². The van der Waals surface area contributed by atoms with Gasteiger partial charge in [-0.3, -0.25) is 0 Å². The minimum absolute atomic E-state index is 0.309. The summed E-state index contributed by atoms with van der Waals surface area (Å²) in [4.78, 5) is 0. The first-order valence-electron chi connectivity index (χ1n) is 7.74. The van der Waals surface area contributed by atoms with E-state index < -0.39 is 36.8 Å². The zero-order valence-corrected chi connectivity index (χ0v) is 16.4. The summed E-state index contributed by atoms with van der Waals surface area (Å²) in [5.74, 6) is 0. The van der Waals surface area contributed by atoms with Crippen LogP contribution in [0.4, 0.5) is 0 Å². The fourth-order valence-corrected chi connectivity index (χ4v) is 4.64. The molecule has 6 unspecified atom stereocenters. The zero-order valence-electron chi connectivity index (χ0n) is 14.9. The molecule has 10 nitrogen and oxygen atoms in total. The fraction of sp³-hybridized carbons (Fsp3) is 1.00. The van der Waals surface area contributed by atoms with Crippen LogP contribution in [0, 0.1) is 0 Å². The van der Waals surface area contributed by atoms with Crippen LogP contribution in [-0.4, -0.2) is 40.9 Å². The molecule has 0 radical (unpaired) electrons. The second-order valence-electron chi connectivity index (χ2n) is 5.67. The van der Waals surface area contributed by atoms with Crippen LogP contribution in [-0.2, 0) is 28.1 Å². The Morgan fingerprint density at radius 1 is 0.652 bits per heavy atom. The number of nitrogens with two attached hydrogens (primary N) is 3. The number of nitrogens with one attached hydrogen (secondary N) is 3. The van der Waals surface area contributed by atoms with Gasteiger partial charge in [0, 0.05) is 0 Å². The molecule has 0 aromatic heterocycles. The Labute approximate surface area is 144 Å². The molecule has 0 bridgehead atoms. The fourth-order valence-electron chi connectivity index (χ4n) is 1.97. The van der Waals surface area contributed by atoms with Crippen molar-refractivity contribution in [1.82, 2.24) is 16.0 Å². The first-order valence-corrected chi connectivity index (χ1v) is 10.4. The van der Waals surface area contributed by atoms with Crippen molar-refractivity contribution in [1.29, 1.82) is 0 Å². The van der Waals surface area contributed by atoms with Crippen LogP contribution in [0.3, 0.4) is 0 Å². The van der Waals surface area contributed by atoms with E-state index in [0.717, 1.165) is 0 Å². The maximum absolute atomic E-state index is 10.7. The molecule has 0 heterocycles. The standard InChI is InChI=1S/3C4H11N2O.H2O.Ti/c3*1-3(5)6-4(2)7;;/h3*3-4,6H,5H2,1-2H3;1H2;/q3*-1;;+4/p-1. The summed E-state index contributed by atoms with van der Waals surface area (Å²) < 4.78 is 27.5. The Morgan fingerprint density at radius 2 is 0.870 bits per heavy atom. The molecular formula is C12H34N6O4Ti. The molecule has 0 amide bonds. The van der Waals surface area contributed by atoms with Crippen molar-refractivity contribution in [3.05, 3.63) is 0 Å². The van der Waals surface area contributed by atoms with Crippen LogP contribution in [0.1, 0.15) is 41.5 Å². The predicted octanol–water partition coefficient (Wildman–Crippen LogP) is -1.44. The van der Waals surface area contributed by atoms with E-state index in [4.69, 9.17) is 27.2 Å². The Bertz CT molecular complexity index is 278. The van der Waals surface area contributed by atoms with E-state index in [1.165, 1.54) is 0 Å². The summed E-state index contributed by atoms with van der Waals surface area (Å²) in [7, 11) is 0. The molecule has 23 heavy (non-hydrogen) atoms. The van der Waals surface area contributed by atoms with Crippen LogP contribution in [0.5, 0.6) is 0 Å². The molecule has 0 aliphatic rings. The molecule has 0 saturated heterocycles. The summed E-state index contributed by atoms with van der Waals surface area (Å²) >= 11 is -4.58. The van der Waals surface area contributed by atoms with Crippen molar-refractivity contribution in [3.8, 4) is 0 Å². The van der Waals surface area contributed by atoms with Gasteiger partial charge in [0.05, 0.1) is 0 Å². The average Bonchev–Trinajstić information content (AvgIpc) is 2.22. The van der Waals surface area contributed by atoms with Crippen LogP contribution in [0.2, 0.25) is 0 Å². The Hall–Kier alpha value is 0.314. The minimum atomic E-state index is -4.58. The van der Waals surface area contributed by atoms with Gasteiger partial charge in [-0.25, -0.2) is 0 Å². The van der Waals surface area contributed by atoms with Gasteiger partial charge in [0.15, 0.2) is 0 Å². The van der Waals surface area contributed by atoms with Gasteiger partial charge in [-0.15, -0.1) is 0 Å². The Balaban J connectivity index is 4.87. The van der Waals surface area contributed by atoms with Gasteiger partial charge >= 0.3 is 144 Å². The van der Waals surface area contributed by atoms with Gasteiger partial charge in [-0.1, -0.05) is 0 Å². The van der Waals surface area contributed by atoms with Crippen LogP contribution in [0.15, 0.2) is 0 Å². The van der Waals surface area contributed by atoms with Crippen LogP contribution < -0.4 is 33.2 Å². The molecular weight excluding hydrogens is 340 g/mol. The normalized spacial score (nSPS) is 22.7. The second-order valence-corrected chi connectivity index (χ2v) is 8.41. The van der Waals surface area contributed by atoms with Gasteiger partial charge in [-0.05, 0) is 0 Å². The molecule has 0 spiro atoms. The molecule has 0 saturated carbocycles. The van der Waals surface area contributed by atoms with E-state index in [1.54, 1.807) is 41.5 Å².